The molecule has 0 aliphatic rings. The maximum Gasteiger partial charge on any atom is 0.422 e. The third kappa shape index (κ3) is 10.4. The number of rotatable bonds is 13. The molecule has 2 rings (SSSR count). The molecule has 2 aromatic rings. The maximum atomic E-state index is 12.9. The van der Waals surface area contributed by atoms with E-state index in [1.165, 1.54) is 24.3 Å². The Balaban J connectivity index is 2.31. The predicted octanol–water partition coefficient (Wildman–Crippen LogP) is 6.14. The number of benzene rings is 2. The fraction of sp³-hybridized carbons (Fsp3) is 0.429. The molecule has 0 atom stereocenters. The van der Waals surface area contributed by atoms with E-state index in [9.17, 15) is 39.3 Å². The Morgan fingerprint density at radius 2 is 1.38 bits per heavy atom. The first-order chi connectivity index (χ1) is 17.1. The number of hydrogen-bond acceptors (Lipinski definition) is 7. The van der Waals surface area contributed by atoms with E-state index in [1.54, 1.807) is 13.8 Å². The van der Waals surface area contributed by atoms with Gasteiger partial charge in [0.05, 0.1) is 19.4 Å². The Morgan fingerprint density at radius 3 is 1.89 bits per heavy atom. The van der Waals surface area contributed by atoms with E-state index in [0.717, 1.165) is 12.1 Å². The standard InChI is InChI=1S/C21H24F6NO7PS/c1-3-34-36(29,35-4-2)12-15-5-7-16(8-6-15)28-37(30,31)19-11-17(32-13-20(22,23)24)9-10-18(19)33-14-21(25,26)27/h5-11,28H,3-4,12-14H2,1-2H3. The van der Waals surface area contributed by atoms with Crippen molar-refractivity contribution in [2.45, 2.75) is 37.3 Å². The lowest BCUT2D eigenvalue weighted by Crippen LogP contribution is -2.22. The summed E-state index contributed by atoms with van der Waals surface area (Å²) < 4.78 is 135. The molecular weight excluding hydrogens is 555 g/mol. The van der Waals surface area contributed by atoms with Crippen molar-refractivity contribution in [2.24, 2.45) is 0 Å². The molecule has 0 amide bonds. The molecule has 0 bridgehead atoms. The number of hydrogen-bond donors (Lipinski definition) is 1. The molecule has 37 heavy (non-hydrogen) atoms. The second-order valence-corrected chi connectivity index (χ2v) is 11.0. The van der Waals surface area contributed by atoms with E-state index in [0.29, 0.717) is 11.6 Å². The summed E-state index contributed by atoms with van der Waals surface area (Å²) in [7, 11) is -8.10. The summed E-state index contributed by atoms with van der Waals surface area (Å²) in [5.74, 6) is -1.31. The molecule has 0 aliphatic heterocycles. The molecule has 0 heterocycles. The van der Waals surface area contributed by atoms with E-state index in [-0.39, 0.29) is 25.1 Å². The van der Waals surface area contributed by atoms with Crippen LogP contribution in [0.4, 0.5) is 32.0 Å². The van der Waals surface area contributed by atoms with Crippen molar-refractivity contribution in [3.63, 3.8) is 0 Å². The molecule has 16 heteroatoms. The van der Waals surface area contributed by atoms with Gasteiger partial charge in [-0.1, -0.05) is 12.1 Å². The lowest BCUT2D eigenvalue weighted by Gasteiger charge is -2.18. The highest BCUT2D eigenvalue weighted by molar-refractivity contribution is 7.92. The minimum Gasteiger partial charge on any atom is -0.484 e. The van der Waals surface area contributed by atoms with Crippen molar-refractivity contribution < 1.29 is 57.8 Å². The first kappa shape index (κ1) is 30.7. The van der Waals surface area contributed by atoms with Crippen LogP contribution in [-0.2, 0) is 29.8 Å². The van der Waals surface area contributed by atoms with Crippen LogP contribution in [0, 0.1) is 0 Å². The molecule has 0 fully saturated rings. The van der Waals surface area contributed by atoms with Crippen LogP contribution in [0.15, 0.2) is 47.4 Å². The van der Waals surface area contributed by atoms with Crippen LogP contribution >= 0.6 is 7.60 Å². The topological polar surface area (TPSA) is 100 Å². The normalized spacial score (nSPS) is 12.9. The van der Waals surface area contributed by atoms with Gasteiger partial charge in [-0.3, -0.25) is 9.29 Å². The lowest BCUT2D eigenvalue weighted by atomic mass is 10.2. The van der Waals surface area contributed by atoms with E-state index in [2.05, 4.69) is 14.2 Å². The molecule has 0 unspecified atom stereocenters. The number of sulfonamides is 1. The summed E-state index contributed by atoms with van der Waals surface area (Å²) in [6, 6.07) is 7.65. The van der Waals surface area contributed by atoms with Crippen molar-refractivity contribution in [3.05, 3.63) is 48.0 Å². The Labute approximate surface area is 209 Å². The third-order valence-electron chi connectivity index (χ3n) is 4.23. The minimum absolute atomic E-state index is 0.0465. The number of nitrogens with one attached hydrogen (secondary N) is 1. The summed E-state index contributed by atoms with van der Waals surface area (Å²) in [6.45, 7) is -0.0394. The van der Waals surface area contributed by atoms with Gasteiger partial charge in [0, 0.05) is 11.8 Å². The molecular formula is C21H24F6NO7PS. The van der Waals surface area contributed by atoms with Gasteiger partial charge in [0.1, 0.15) is 16.4 Å². The van der Waals surface area contributed by atoms with Crippen LogP contribution in [-0.4, -0.2) is 47.2 Å². The van der Waals surface area contributed by atoms with Crippen LogP contribution < -0.4 is 14.2 Å². The maximum absolute atomic E-state index is 12.9. The zero-order valence-electron chi connectivity index (χ0n) is 19.6. The highest BCUT2D eigenvalue weighted by atomic mass is 32.2. The highest BCUT2D eigenvalue weighted by Crippen LogP contribution is 2.51. The third-order valence-corrected chi connectivity index (χ3v) is 7.69. The first-order valence-electron chi connectivity index (χ1n) is 10.6. The van der Waals surface area contributed by atoms with Gasteiger partial charge in [0.15, 0.2) is 13.2 Å². The summed E-state index contributed by atoms with van der Waals surface area (Å²) in [5, 5.41) is 0. The average molecular weight is 579 g/mol. The van der Waals surface area contributed by atoms with Crippen LogP contribution in [0.1, 0.15) is 19.4 Å². The summed E-state index contributed by atoms with van der Waals surface area (Å²) in [4.78, 5) is -0.877. The molecule has 0 saturated carbocycles. The van der Waals surface area contributed by atoms with E-state index >= 15 is 0 Å². The molecule has 8 nitrogen and oxygen atoms in total. The molecule has 0 saturated heterocycles. The fourth-order valence-electron chi connectivity index (χ4n) is 2.87. The van der Waals surface area contributed by atoms with Gasteiger partial charge in [-0.15, -0.1) is 0 Å². The molecule has 0 aromatic heterocycles. The molecule has 0 aliphatic carbocycles. The summed E-state index contributed by atoms with van der Waals surface area (Å²) in [6.07, 6.45) is -9.65. The van der Waals surface area contributed by atoms with Gasteiger partial charge in [0.25, 0.3) is 10.0 Å². The number of halogens is 6. The Hall–Kier alpha value is -2.48. The van der Waals surface area contributed by atoms with E-state index in [1.807, 2.05) is 0 Å². The smallest absolute Gasteiger partial charge is 0.422 e. The molecule has 0 radical (unpaired) electrons. The Morgan fingerprint density at radius 1 is 0.838 bits per heavy atom. The minimum atomic E-state index is -4.81. The van der Waals surface area contributed by atoms with Gasteiger partial charge in [-0.25, -0.2) is 8.42 Å². The lowest BCUT2D eigenvalue weighted by molar-refractivity contribution is -0.154. The first-order valence-corrected chi connectivity index (χ1v) is 13.8. The molecule has 208 valence electrons. The predicted molar refractivity (Wildman–Crippen MR) is 121 cm³/mol. The van der Waals surface area contributed by atoms with Crippen molar-refractivity contribution in [1.82, 2.24) is 0 Å². The zero-order valence-corrected chi connectivity index (χ0v) is 21.3. The Kier molecular flexibility index (Phi) is 10.3. The number of alkyl halides is 6. The quantitative estimate of drug-likeness (QED) is 0.225. The average Bonchev–Trinajstić information content (AvgIpc) is 2.77. The van der Waals surface area contributed by atoms with Crippen LogP contribution in [0.3, 0.4) is 0 Å². The zero-order chi connectivity index (χ0) is 27.9. The number of anilines is 1. The van der Waals surface area contributed by atoms with E-state index in [4.69, 9.17) is 9.05 Å². The van der Waals surface area contributed by atoms with Crippen molar-refractivity contribution in [1.29, 1.82) is 0 Å². The van der Waals surface area contributed by atoms with Gasteiger partial charge in [0.2, 0.25) is 0 Å². The van der Waals surface area contributed by atoms with Gasteiger partial charge >= 0.3 is 19.9 Å². The molecule has 2 aromatic carbocycles. The molecule has 0 spiro atoms. The van der Waals surface area contributed by atoms with Crippen LogP contribution in [0.25, 0.3) is 0 Å². The van der Waals surface area contributed by atoms with Gasteiger partial charge in [-0.2, -0.15) is 26.3 Å². The fourth-order valence-corrected chi connectivity index (χ4v) is 5.79. The SMILES string of the molecule is CCOP(=O)(Cc1ccc(NS(=O)(=O)c2cc(OCC(F)(F)F)ccc2OCC(F)(F)F)cc1)OCC. The largest absolute Gasteiger partial charge is 0.484 e. The van der Waals surface area contributed by atoms with Crippen LogP contribution in [0.2, 0.25) is 0 Å². The van der Waals surface area contributed by atoms with Gasteiger partial charge in [-0.05, 0) is 43.7 Å². The van der Waals surface area contributed by atoms with Crippen molar-refractivity contribution >= 4 is 23.3 Å². The number of ether oxygens (including phenoxy) is 2. The summed E-state index contributed by atoms with van der Waals surface area (Å²) in [5.41, 5.74) is 0.430. The second kappa shape index (κ2) is 12.4. The highest BCUT2D eigenvalue weighted by Gasteiger charge is 2.32. The molecule has 1 N–H and O–H groups in total. The monoisotopic (exact) mass is 579 g/mol. The second-order valence-electron chi connectivity index (χ2n) is 7.32. The van der Waals surface area contributed by atoms with Crippen molar-refractivity contribution in [2.75, 3.05) is 31.1 Å². The van der Waals surface area contributed by atoms with E-state index < -0.39 is 59.6 Å². The Bertz CT molecular complexity index is 1180. The van der Waals surface area contributed by atoms with Crippen LogP contribution in [0.5, 0.6) is 11.5 Å². The van der Waals surface area contributed by atoms with Crippen molar-refractivity contribution in [3.8, 4) is 11.5 Å². The van der Waals surface area contributed by atoms with Gasteiger partial charge < -0.3 is 18.5 Å². The summed E-state index contributed by atoms with van der Waals surface area (Å²) >= 11 is 0.